The largest absolute Gasteiger partial charge is 0.507 e. The number of phenols is 1. The van der Waals surface area contributed by atoms with Crippen LogP contribution in [-0.2, 0) is 0 Å². The molecule has 0 aliphatic rings. The molecule has 0 spiro atoms. The van der Waals surface area contributed by atoms with E-state index < -0.39 is 5.82 Å². The Hall–Kier alpha value is -2.21. The summed E-state index contributed by atoms with van der Waals surface area (Å²) in [5, 5.41) is 9.96. The van der Waals surface area contributed by atoms with Gasteiger partial charge in [-0.05, 0) is 25.5 Å². The molecule has 6 heteroatoms. The van der Waals surface area contributed by atoms with Crippen molar-refractivity contribution in [2.75, 3.05) is 18.5 Å². The zero-order valence-electron chi connectivity index (χ0n) is 13.0. The molecule has 118 valence electrons. The molecule has 0 aliphatic heterocycles. The summed E-state index contributed by atoms with van der Waals surface area (Å²) >= 11 is 0. The van der Waals surface area contributed by atoms with Gasteiger partial charge in [0.25, 0.3) is 0 Å². The zero-order chi connectivity index (χ0) is 16.3. The molecule has 0 bridgehead atoms. The first-order valence-electron chi connectivity index (χ1n) is 7.21. The number of phenolic OH excluding ortho intramolecular Hbond substituents is 1. The van der Waals surface area contributed by atoms with Gasteiger partial charge >= 0.3 is 0 Å². The Bertz CT molecular complexity index is 663. The van der Waals surface area contributed by atoms with E-state index in [1.165, 1.54) is 0 Å². The Labute approximate surface area is 129 Å². The summed E-state index contributed by atoms with van der Waals surface area (Å²) in [7, 11) is 1.74. The molecule has 2 rings (SSSR count). The van der Waals surface area contributed by atoms with Crippen molar-refractivity contribution in [3.8, 4) is 17.1 Å². The Morgan fingerprint density at radius 1 is 1.41 bits per heavy atom. The quantitative estimate of drug-likeness (QED) is 0.887. The molecule has 22 heavy (non-hydrogen) atoms. The van der Waals surface area contributed by atoms with Gasteiger partial charge in [-0.3, -0.25) is 0 Å². The number of rotatable bonds is 5. The van der Waals surface area contributed by atoms with E-state index in [0.29, 0.717) is 12.1 Å². The number of hydrogen-bond acceptors (Lipinski definition) is 5. The van der Waals surface area contributed by atoms with Gasteiger partial charge in [0, 0.05) is 19.6 Å². The highest BCUT2D eigenvalue weighted by Gasteiger charge is 2.16. The number of aromatic hydroxyl groups is 1. The van der Waals surface area contributed by atoms with Gasteiger partial charge in [0.05, 0.1) is 11.8 Å². The van der Waals surface area contributed by atoms with Gasteiger partial charge in [-0.2, -0.15) is 0 Å². The third-order valence-corrected chi connectivity index (χ3v) is 3.51. The van der Waals surface area contributed by atoms with E-state index in [-0.39, 0.29) is 23.4 Å². The minimum Gasteiger partial charge on any atom is -0.507 e. The minimum absolute atomic E-state index is 0.0600. The molecule has 0 fully saturated rings. The van der Waals surface area contributed by atoms with Gasteiger partial charge in [-0.15, -0.1) is 0 Å². The molecule has 0 saturated carbocycles. The third-order valence-electron chi connectivity index (χ3n) is 3.51. The summed E-state index contributed by atoms with van der Waals surface area (Å²) in [6.07, 6.45) is 1.91. The molecule has 0 unspecified atom stereocenters. The lowest BCUT2D eigenvalue weighted by Crippen LogP contribution is -2.35. The van der Waals surface area contributed by atoms with Gasteiger partial charge < -0.3 is 15.7 Å². The van der Waals surface area contributed by atoms with E-state index >= 15 is 0 Å². The van der Waals surface area contributed by atoms with Crippen LogP contribution in [-0.4, -0.2) is 34.7 Å². The molecule has 1 aromatic heterocycles. The predicted octanol–water partition coefficient (Wildman–Crippen LogP) is 2.47. The Morgan fingerprint density at radius 2 is 2.14 bits per heavy atom. The Kier molecular flexibility index (Phi) is 4.92. The lowest BCUT2D eigenvalue weighted by Gasteiger charge is -2.22. The van der Waals surface area contributed by atoms with Crippen molar-refractivity contribution in [3.63, 3.8) is 0 Å². The van der Waals surface area contributed by atoms with Crippen molar-refractivity contribution >= 4 is 5.82 Å². The van der Waals surface area contributed by atoms with Crippen LogP contribution < -0.4 is 10.6 Å². The van der Waals surface area contributed by atoms with E-state index in [2.05, 4.69) is 9.97 Å². The van der Waals surface area contributed by atoms with Gasteiger partial charge in [-0.1, -0.05) is 18.6 Å². The van der Waals surface area contributed by atoms with Crippen LogP contribution in [0, 0.1) is 12.7 Å². The molecule has 0 aliphatic carbocycles. The summed E-state index contributed by atoms with van der Waals surface area (Å²) in [6, 6.07) is 5.07. The maximum atomic E-state index is 14.0. The molecule has 1 heterocycles. The summed E-state index contributed by atoms with van der Waals surface area (Å²) in [6.45, 7) is 4.37. The van der Waals surface area contributed by atoms with Crippen molar-refractivity contribution in [1.29, 1.82) is 0 Å². The highest BCUT2D eigenvalue weighted by atomic mass is 19.1. The van der Waals surface area contributed by atoms with Crippen LogP contribution in [0.3, 0.4) is 0 Å². The topological polar surface area (TPSA) is 75.3 Å². The lowest BCUT2D eigenvalue weighted by molar-refractivity contribution is 0.476. The van der Waals surface area contributed by atoms with Crippen LogP contribution in [0.2, 0.25) is 0 Å². The second-order valence-corrected chi connectivity index (χ2v) is 5.43. The Morgan fingerprint density at radius 3 is 2.82 bits per heavy atom. The van der Waals surface area contributed by atoms with Crippen LogP contribution >= 0.6 is 0 Å². The van der Waals surface area contributed by atoms with Gasteiger partial charge in [-0.25, -0.2) is 14.4 Å². The molecule has 2 aromatic rings. The fourth-order valence-electron chi connectivity index (χ4n) is 2.15. The van der Waals surface area contributed by atoms with Crippen molar-refractivity contribution < 1.29 is 9.50 Å². The van der Waals surface area contributed by atoms with Gasteiger partial charge in [0.15, 0.2) is 17.5 Å². The average Bonchev–Trinajstić information content (AvgIpc) is 2.50. The maximum Gasteiger partial charge on any atom is 0.183 e. The highest BCUT2D eigenvalue weighted by Crippen LogP contribution is 2.29. The second kappa shape index (κ2) is 6.70. The monoisotopic (exact) mass is 304 g/mol. The van der Waals surface area contributed by atoms with Crippen molar-refractivity contribution in [1.82, 2.24) is 9.97 Å². The maximum absolute atomic E-state index is 14.0. The fourth-order valence-corrected chi connectivity index (χ4v) is 2.15. The molecule has 1 aromatic carbocycles. The van der Waals surface area contributed by atoms with Crippen molar-refractivity contribution in [2.24, 2.45) is 5.73 Å². The summed E-state index contributed by atoms with van der Waals surface area (Å²) in [4.78, 5) is 9.91. The van der Waals surface area contributed by atoms with Crippen molar-refractivity contribution in [3.05, 3.63) is 35.8 Å². The van der Waals surface area contributed by atoms with Crippen LogP contribution in [0.5, 0.6) is 5.75 Å². The van der Waals surface area contributed by atoms with E-state index in [9.17, 15) is 9.50 Å². The van der Waals surface area contributed by atoms with Gasteiger partial charge in [0.2, 0.25) is 0 Å². The third kappa shape index (κ3) is 3.51. The van der Waals surface area contributed by atoms with Crippen molar-refractivity contribution in [2.45, 2.75) is 26.3 Å². The molecule has 0 radical (unpaired) electrons. The summed E-state index contributed by atoms with van der Waals surface area (Å²) < 4.78 is 14.0. The first-order valence-corrected chi connectivity index (χ1v) is 7.21. The van der Waals surface area contributed by atoms with Crippen LogP contribution in [0.4, 0.5) is 10.2 Å². The van der Waals surface area contributed by atoms with Crippen LogP contribution in [0.1, 0.15) is 18.9 Å². The highest BCUT2D eigenvalue weighted by molar-refractivity contribution is 5.65. The molecular weight excluding hydrogens is 283 g/mol. The molecule has 1 atom stereocenters. The van der Waals surface area contributed by atoms with Gasteiger partial charge in [0.1, 0.15) is 5.75 Å². The Balaban J connectivity index is 2.40. The van der Waals surface area contributed by atoms with E-state index in [4.69, 9.17) is 5.73 Å². The minimum atomic E-state index is -0.512. The van der Waals surface area contributed by atoms with Crippen LogP contribution in [0.25, 0.3) is 11.4 Å². The lowest BCUT2D eigenvalue weighted by atomic mass is 10.1. The SMILES string of the molecule is CC[C@@H](N)CN(C)c1nc(-c2cc(C)ccc2O)ncc1F. The summed E-state index contributed by atoms with van der Waals surface area (Å²) in [5.41, 5.74) is 7.35. The normalized spacial score (nSPS) is 12.2. The number of aryl methyl sites for hydroxylation is 1. The number of hydrogen-bond donors (Lipinski definition) is 2. The fraction of sp³-hybridized carbons (Fsp3) is 0.375. The standard InChI is InChI=1S/C16H21FN4O/c1-4-11(18)9-21(3)16-13(17)8-19-15(20-16)12-7-10(2)5-6-14(12)22/h5-8,11,22H,4,9,18H2,1-3H3/t11-/m1/s1. The van der Waals surface area contributed by atoms with E-state index in [1.807, 2.05) is 13.8 Å². The molecule has 0 saturated heterocycles. The van der Waals surface area contributed by atoms with Crippen LogP contribution in [0.15, 0.2) is 24.4 Å². The number of anilines is 1. The van der Waals surface area contributed by atoms with E-state index in [0.717, 1.165) is 18.2 Å². The number of nitrogens with two attached hydrogens (primary N) is 1. The number of nitrogens with zero attached hydrogens (tertiary/aromatic N) is 3. The first-order chi connectivity index (χ1) is 10.4. The number of likely N-dealkylation sites (N-methyl/N-ethyl adjacent to an activating group) is 1. The molecule has 3 N–H and O–H groups in total. The molecular formula is C16H21FN4O. The number of halogens is 1. The molecule has 5 nitrogen and oxygen atoms in total. The average molecular weight is 304 g/mol. The summed E-state index contributed by atoms with van der Waals surface area (Å²) in [5.74, 6) is 0.0158. The number of benzene rings is 1. The zero-order valence-corrected chi connectivity index (χ0v) is 13.0. The molecule has 0 amide bonds. The first kappa shape index (κ1) is 16.2. The number of aromatic nitrogens is 2. The second-order valence-electron chi connectivity index (χ2n) is 5.43. The smallest absolute Gasteiger partial charge is 0.183 e. The predicted molar refractivity (Wildman–Crippen MR) is 85.4 cm³/mol. The van der Waals surface area contributed by atoms with E-state index in [1.54, 1.807) is 30.1 Å².